The van der Waals surface area contributed by atoms with Gasteiger partial charge in [0.2, 0.25) is 0 Å². The van der Waals surface area contributed by atoms with Crippen molar-refractivity contribution in [1.29, 1.82) is 5.26 Å². The average Bonchev–Trinajstić information content (AvgIpc) is 3.40. The van der Waals surface area contributed by atoms with Crippen LogP contribution in [0.1, 0.15) is 74.8 Å². The highest BCUT2D eigenvalue weighted by Gasteiger charge is 2.54. The van der Waals surface area contributed by atoms with Crippen LogP contribution >= 0.6 is 0 Å². The lowest BCUT2D eigenvalue weighted by molar-refractivity contribution is -0.125. The maximum absolute atomic E-state index is 13.4. The highest BCUT2D eigenvalue weighted by molar-refractivity contribution is 6.11. The predicted molar refractivity (Wildman–Crippen MR) is 107 cm³/mol. The number of rotatable bonds is 2. The molecule has 2 fully saturated rings. The molecule has 142 valence electrons. The third-order valence-electron chi connectivity index (χ3n) is 6.67. The van der Waals surface area contributed by atoms with E-state index in [1.807, 2.05) is 24.3 Å². The molecule has 0 amide bonds. The van der Waals surface area contributed by atoms with Crippen molar-refractivity contribution < 1.29 is 4.79 Å². The number of H-pyrrole nitrogens is 1. The number of ketones is 1. The van der Waals surface area contributed by atoms with Crippen LogP contribution in [0.15, 0.2) is 29.3 Å². The summed E-state index contributed by atoms with van der Waals surface area (Å²) < 4.78 is 0. The summed E-state index contributed by atoms with van der Waals surface area (Å²) in [4.78, 5) is 18.3. The lowest BCUT2D eigenvalue weighted by atomic mass is 9.56. The summed E-state index contributed by atoms with van der Waals surface area (Å²) in [5, 5.41) is 17.2. The Morgan fingerprint density at radius 2 is 2.00 bits per heavy atom. The maximum atomic E-state index is 13.4. The predicted octanol–water partition coefficient (Wildman–Crippen LogP) is 4.56. The molecular formula is C23H24N4O. The van der Waals surface area contributed by atoms with Crippen LogP contribution < -0.4 is 0 Å². The van der Waals surface area contributed by atoms with E-state index >= 15 is 0 Å². The Bertz CT molecular complexity index is 1070. The molecule has 2 aromatic rings. The van der Waals surface area contributed by atoms with Crippen molar-refractivity contribution >= 4 is 17.3 Å². The standard InChI is InChI=1S/C23H24N4O/c1-22(2)10-16-18(17(28)11-22)23(3,15-6-4-5-13(9-15)12-24)19-20(14-7-8-14)26-27-21(19)25-16/h4-6,9,14,18H,7-8,10-11H2,1-3H3,(H,26,27). The number of carbonyl (C=O) groups excluding carboxylic acids is 1. The van der Waals surface area contributed by atoms with Crippen molar-refractivity contribution in [3.8, 4) is 6.07 Å². The van der Waals surface area contributed by atoms with E-state index < -0.39 is 5.41 Å². The van der Waals surface area contributed by atoms with Gasteiger partial charge in [0.1, 0.15) is 5.78 Å². The summed E-state index contributed by atoms with van der Waals surface area (Å²) in [6.45, 7) is 6.42. The number of aromatic nitrogens is 2. The number of benzene rings is 1. The lowest BCUT2D eigenvalue weighted by Gasteiger charge is -2.46. The quantitative estimate of drug-likeness (QED) is 0.839. The van der Waals surface area contributed by atoms with E-state index in [2.05, 4.69) is 37.0 Å². The van der Waals surface area contributed by atoms with Crippen molar-refractivity contribution in [2.45, 2.75) is 57.8 Å². The largest absolute Gasteiger partial charge is 0.299 e. The number of fused-ring (bicyclic) bond motifs is 2. The summed E-state index contributed by atoms with van der Waals surface area (Å²) in [5.41, 5.74) is 4.10. The number of hydrogen-bond donors (Lipinski definition) is 1. The van der Waals surface area contributed by atoms with E-state index in [-0.39, 0.29) is 17.1 Å². The van der Waals surface area contributed by atoms with Gasteiger partial charge in [0, 0.05) is 34.7 Å². The van der Waals surface area contributed by atoms with Crippen LogP contribution in [-0.2, 0) is 10.2 Å². The Labute approximate surface area is 164 Å². The van der Waals surface area contributed by atoms with E-state index in [1.165, 1.54) is 0 Å². The molecule has 0 bridgehead atoms. The SMILES string of the molecule is CC1(C)CC(=O)C2C(=Nc3n[nH]c(C4CC4)c3C2(C)c2cccc(C#N)c2)C1. The molecule has 5 rings (SSSR count). The molecular weight excluding hydrogens is 348 g/mol. The molecule has 3 aliphatic rings. The molecule has 1 aromatic heterocycles. The van der Waals surface area contributed by atoms with Crippen LogP contribution in [0.5, 0.6) is 0 Å². The van der Waals surface area contributed by atoms with Crippen molar-refractivity contribution in [1.82, 2.24) is 10.2 Å². The van der Waals surface area contributed by atoms with Gasteiger partial charge in [0.25, 0.3) is 0 Å². The highest BCUT2D eigenvalue weighted by Crippen LogP contribution is 2.56. The first kappa shape index (κ1) is 17.4. The van der Waals surface area contributed by atoms with Gasteiger partial charge in [-0.25, -0.2) is 4.99 Å². The molecule has 5 nitrogen and oxygen atoms in total. The first-order chi connectivity index (χ1) is 13.3. The summed E-state index contributed by atoms with van der Waals surface area (Å²) in [5.74, 6) is 1.15. The van der Waals surface area contributed by atoms with Crippen LogP contribution in [0.3, 0.4) is 0 Å². The molecule has 2 unspecified atom stereocenters. The molecule has 0 radical (unpaired) electrons. The molecule has 1 N–H and O–H groups in total. The van der Waals surface area contributed by atoms with Gasteiger partial charge in [-0.1, -0.05) is 32.9 Å². The van der Waals surface area contributed by atoms with Crippen LogP contribution in [0.4, 0.5) is 5.82 Å². The first-order valence-electron chi connectivity index (χ1n) is 10.0. The number of carbonyl (C=O) groups is 1. The second-order valence-electron chi connectivity index (χ2n) is 9.53. The number of nitrogens with one attached hydrogen (secondary N) is 1. The summed E-state index contributed by atoms with van der Waals surface area (Å²) in [6, 6.07) is 9.96. The Hall–Kier alpha value is -2.74. The van der Waals surface area contributed by atoms with Gasteiger partial charge in [0.05, 0.1) is 17.6 Å². The minimum atomic E-state index is -0.558. The zero-order chi connectivity index (χ0) is 19.7. The summed E-state index contributed by atoms with van der Waals surface area (Å²) in [7, 11) is 0. The Kier molecular flexibility index (Phi) is 3.49. The molecule has 1 aliphatic heterocycles. The molecule has 0 saturated heterocycles. The van der Waals surface area contributed by atoms with Crippen LogP contribution in [0.25, 0.3) is 0 Å². The molecule has 2 heterocycles. The smallest absolute Gasteiger partial charge is 0.177 e. The third-order valence-corrected chi connectivity index (χ3v) is 6.67. The summed E-state index contributed by atoms with van der Waals surface area (Å²) >= 11 is 0. The minimum Gasteiger partial charge on any atom is -0.299 e. The number of hydrogen-bond acceptors (Lipinski definition) is 4. The number of aliphatic imine (C=N–C) groups is 1. The van der Waals surface area contributed by atoms with Gasteiger partial charge >= 0.3 is 0 Å². The molecule has 2 atom stereocenters. The number of nitriles is 1. The first-order valence-corrected chi connectivity index (χ1v) is 10.0. The number of nitrogens with zero attached hydrogens (tertiary/aromatic N) is 3. The Morgan fingerprint density at radius 3 is 2.71 bits per heavy atom. The number of aromatic amines is 1. The van der Waals surface area contributed by atoms with Gasteiger partial charge in [0.15, 0.2) is 5.82 Å². The third kappa shape index (κ3) is 2.40. The molecule has 1 aromatic carbocycles. The molecule has 2 saturated carbocycles. The highest BCUT2D eigenvalue weighted by atomic mass is 16.1. The molecule has 2 aliphatic carbocycles. The van der Waals surface area contributed by atoms with Crippen molar-refractivity contribution in [3.63, 3.8) is 0 Å². The van der Waals surface area contributed by atoms with Gasteiger partial charge in [-0.2, -0.15) is 10.4 Å². The van der Waals surface area contributed by atoms with Gasteiger partial charge in [-0.05, 0) is 42.4 Å². The lowest BCUT2D eigenvalue weighted by Crippen LogP contribution is -2.50. The van der Waals surface area contributed by atoms with Gasteiger partial charge in [-0.3, -0.25) is 9.89 Å². The second-order valence-corrected chi connectivity index (χ2v) is 9.53. The second kappa shape index (κ2) is 5.64. The fraction of sp³-hybridized carbons (Fsp3) is 0.478. The van der Waals surface area contributed by atoms with Crippen LogP contribution in [0, 0.1) is 22.7 Å². The summed E-state index contributed by atoms with van der Waals surface area (Å²) in [6.07, 6.45) is 3.63. The van der Waals surface area contributed by atoms with E-state index in [4.69, 9.17) is 4.99 Å². The monoisotopic (exact) mass is 372 g/mol. The van der Waals surface area contributed by atoms with Crippen LogP contribution in [0.2, 0.25) is 0 Å². The zero-order valence-corrected chi connectivity index (χ0v) is 16.5. The normalized spacial score (nSPS) is 28.1. The van der Waals surface area contributed by atoms with Crippen molar-refractivity contribution in [3.05, 3.63) is 46.6 Å². The fourth-order valence-corrected chi connectivity index (χ4v) is 5.28. The number of Topliss-reactive ketones (excluding diaryl/α,β-unsaturated/α-hetero) is 1. The Morgan fingerprint density at radius 1 is 1.21 bits per heavy atom. The van der Waals surface area contributed by atoms with E-state index in [9.17, 15) is 10.1 Å². The van der Waals surface area contributed by atoms with Gasteiger partial charge in [-0.15, -0.1) is 0 Å². The van der Waals surface area contributed by atoms with Crippen molar-refractivity contribution in [2.24, 2.45) is 16.3 Å². The van der Waals surface area contributed by atoms with E-state index in [1.54, 1.807) is 0 Å². The topological polar surface area (TPSA) is 81.9 Å². The van der Waals surface area contributed by atoms with Crippen LogP contribution in [-0.4, -0.2) is 21.7 Å². The zero-order valence-electron chi connectivity index (χ0n) is 16.5. The van der Waals surface area contributed by atoms with Crippen molar-refractivity contribution in [2.75, 3.05) is 0 Å². The molecule has 28 heavy (non-hydrogen) atoms. The van der Waals surface area contributed by atoms with Gasteiger partial charge < -0.3 is 0 Å². The fourth-order valence-electron chi connectivity index (χ4n) is 5.28. The maximum Gasteiger partial charge on any atom is 0.177 e. The molecule has 0 spiro atoms. The van der Waals surface area contributed by atoms with E-state index in [0.29, 0.717) is 17.9 Å². The minimum absolute atomic E-state index is 0.0883. The Balaban J connectivity index is 1.78. The van der Waals surface area contributed by atoms with E-state index in [0.717, 1.165) is 47.6 Å². The average molecular weight is 372 g/mol. The molecule has 5 heteroatoms.